The number of hydrogen-bond donors (Lipinski definition) is 4. The molecule has 0 atom stereocenters. The van der Waals surface area contributed by atoms with E-state index in [2.05, 4.69) is 0 Å². The second-order valence-corrected chi connectivity index (χ2v) is 2.92. The van der Waals surface area contributed by atoms with Crippen molar-refractivity contribution in [1.82, 2.24) is 4.90 Å². The third kappa shape index (κ3) is 7.70. The molecule has 0 heterocycles. The van der Waals surface area contributed by atoms with Gasteiger partial charge in [-0.05, 0) is 13.0 Å². The van der Waals surface area contributed by atoms with Crippen molar-refractivity contribution in [3.8, 4) is 0 Å². The summed E-state index contributed by atoms with van der Waals surface area (Å²) in [5.74, 6) is 0.188. The molecule has 0 spiro atoms. The molecule has 0 aromatic carbocycles. The minimum absolute atomic E-state index is 0.0973. The second kappa shape index (κ2) is 7.97. The van der Waals surface area contributed by atoms with Crippen LogP contribution in [-0.4, -0.2) is 53.8 Å². The Morgan fingerprint density at radius 1 is 1.15 bits per heavy atom. The van der Waals surface area contributed by atoms with Crippen molar-refractivity contribution in [2.75, 3.05) is 32.8 Å². The molecular formula is C8H19N3O2. The Hall–Kier alpha value is -0.650. The topological polar surface area (TPSA) is 93.6 Å². The maximum Gasteiger partial charge on any atom is 0.0905 e. The van der Waals surface area contributed by atoms with E-state index in [0.29, 0.717) is 19.5 Å². The van der Waals surface area contributed by atoms with Crippen LogP contribution in [-0.2, 0) is 0 Å². The SMILES string of the molecule is N=C(N)CCCN(CCO)CCO. The lowest BCUT2D eigenvalue weighted by Crippen LogP contribution is -2.31. The van der Waals surface area contributed by atoms with E-state index in [1.807, 2.05) is 4.90 Å². The van der Waals surface area contributed by atoms with Crippen LogP contribution < -0.4 is 5.73 Å². The third-order valence-corrected chi connectivity index (χ3v) is 1.75. The van der Waals surface area contributed by atoms with E-state index in [0.717, 1.165) is 13.0 Å². The molecule has 5 nitrogen and oxygen atoms in total. The van der Waals surface area contributed by atoms with Crippen LogP contribution in [0.5, 0.6) is 0 Å². The fraction of sp³-hybridized carbons (Fsp3) is 0.875. The Labute approximate surface area is 78.7 Å². The Morgan fingerprint density at radius 3 is 2.08 bits per heavy atom. The maximum absolute atomic E-state index is 8.68. The second-order valence-electron chi connectivity index (χ2n) is 2.92. The highest BCUT2D eigenvalue weighted by Gasteiger charge is 2.02. The quantitative estimate of drug-likeness (QED) is 0.291. The summed E-state index contributed by atoms with van der Waals surface area (Å²) in [5.41, 5.74) is 5.19. The molecule has 0 unspecified atom stereocenters. The zero-order chi connectivity index (χ0) is 10.1. The first kappa shape index (κ1) is 12.3. The molecular weight excluding hydrogens is 170 g/mol. The number of aliphatic hydroxyl groups is 2. The molecule has 0 amide bonds. The predicted molar refractivity (Wildman–Crippen MR) is 51.8 cm³/mol. The van der Waals surface area contributed by atoms with Crippen molar-refractivity contribution in [3.05, 3.63) is 0 Å². The first-order valence-electron chi connectivity index (χ1n) is 4.47. The first-order valence-corrected chi connectivity index (χ1v) is 4.47. The van der Waals surface area contributed by atoms with Crippen molar-refractivity contribution in [2.24, 2.45) is 5.73 Å². The highest BCUT2D eigenvalue weighted by molar-refractivity contribution is 5.76. The van der Waals surface area contributed by atoms with Crippen LogP contribution in [0.1, 0.15) is 12.8 Å². The molecule has 5 heteroatoms. The standard InChI is InChI=1S/C8H19N3O2/c9-8(10)2-1-3-11(4-6-12)5-7-13/h12-13H,1-7H2,(H3,9,10). The van der Waals surface area contributed by atoms with E-state index in [9.17, 15) is 0 Å². The summed E-state index contributed by atoms with van der Waals surface area (Å²) >= 11 is 0. The Morgan fingerprint density at radius 2 is 1.69 bits per heavy atom. The van der Waals surface area contributed by atoms with Crippen molar-refractivity contribution < 1.29 is 10.2 Å². The fourth-order valence-corrected chi connectivity index (χ4v) is 1.11. The van der Waals surface area contributed by atoms with Crippen LogP contribution in [0.2, 0.25) is 0 Å². The zero-order valence-corrected chi connectivity index (χ0v) is 7.87. The molecule has 0 aromatic heterocycles. The van der Waals surface area contributed by atoms with Gasteiger partial charge < -0.3 is 15.9 Å². The van der Waals surface area contributed by atoms with Crippen molar-refractivity contribution in [2.45, 2.75) is 12.8 Å². The largest absolute Gasteiger partial charge is 0.395 e. The molecule has 0 aliphatic carbocycles. The van der Waals surface area contributed by atoms with E-state index in [1.165, 1.54) is 0 Å². The molecule has 0 aliphatic heterocycles. The van der Waals surface area contributed by atoms with Crippen LogP contribution in [0.25, 0.3) is 0 Å². The van der Waals surface area contributed by atoms with Crippen LogP contribution in [0.4, 0.5) is 0 Å². The molecule has 0 bridgehead atoms. The molecule has 0 rings (SSSR count). The lowest BCUT2D eigenvalue weighted by atomic mass is 10.2. The van der Waals surface area contributed by atoms with Crippen LogP contribution in [0.15, 0.2) is 0 Å². The summed E-state index contributed by atoms with van der Waals surface area (Å²) in [7, 11) is 0. The van der Waals surface area contributed by atoms with Gasteiger partial charge in [0.1, 0.15) is 0 Å². The Balaban J connectivity index is 3.49. The van der Waals surface area contributed by atoms with Gasteiger partial charge in [-0.15, -0.1) is 0 Å². The minimum atomic E-state index is 0.0973. The highest BCUT2D eigenvalue weighted by Crippen LogP contribution is 1.94. The predicted octanol–water partition coefficient (Wildman–Crippen LogP) is -1.01. The van der Waals surface area contributed by atoms with Gasteiger partial charge in [0.15, 0.2) is 0 Å². The average Bonchev–Trinajstić information content (AvgIpc) is 2.04. The molecule has 0 aliphatic rings. The van der Waals surface area contributed by atoms with Gasteiger partial charge in [-0.2, -0.15) is 0 Å². The lowest BCUT2D eigenvalue weighted by Gasteiger charge is -2.19. The van der Waals surface area contributed by atoms with Crippen LogP contribution in [0, 0.1) is 5.41 Å². The minimum Gasteiger partial charge on any atom is -0.395 e. The average molecular weight is 189 g/mol. The Bertz CT molecular complexity index is 135. The smallest absolute Gasteiger partial charge is 0.0905 e. The molecule has 0 fully saturated rings. The molecule has 0 saturated heterocycles. The molecule has 0 saturated carbocycles. The number of aliphatic hydroxyl groups excluding tert-OH is 2. The first-order chi connectivity index (χ1) is 6.20. The van der Waals surface area contributed by atoms with Crippen LogP contribution >= 0.6 is 0 Å². The summed E-state index contributed by atoms with van der Waals surface area (Å²) in [6, 6.07) is 0. The molecule has 5 N–H and O–H groups in total. The van der Waals surface area contributed by atoms with E-state index in [-0.39, 0.29) is 19.0 Å². The van der Waals surface area contributed by atoms with E-state index in [1.54, 1.807) is 0 Å². The van der Waals surface area contributed by atoms with Gasteiger partial charge in [-0.3, -0.25) is 10.3 Å². The van der Waals surface area contributed by atoms with Gasteiger partial charge in [0.05, 0.1) is 19.0 Å². The summed E-state index contributed by atoms with van der Waals surface area (Å²) in [5, 5.41) is 24.4. The van der Waals surface area contributed by atoms with Crippen molar-refractivity contribution in [3.63, 3.8) is 0 Å². The van der Waals surface area contributed by atoms with E-state index in [4.69, 9.17) is 21.4 Å². The summed E-state index contributed by atoms with van der Waals surface area (Å²) in [4.78, 5) is 1.95. The lowest BCUT2D eigenvalue weighted by molar-refractivity contribution is 0.160. The molecule has 0 aromatic rings. The van der Waals surface area contributed by atoms with Gasteiger partial charge >= 0.3 is 0 Å². The number of rotatable bonds is 8. The Kier molecular flexibility index (Phi) is 7.57. The number of hydrogen-bond acceptors (Lipinski definition) is 4. The fourth-order valence-electron chi connectivity index (χ4n) is 1.11. The summed E-state index contributed by atoms with van der Waals surface area (Å²) in [6.45, 7) is 2.10. The third-order valence-electron chi connectivity index (χ3n) is 1.75. The maximum atomic E-state index is 8.68. The van der Waals surface area contributed by atoms with Crippen LogP contribution in [0.3, 0.4) is 0 Å². The van der Waals surface area contributed by atoms with Crippen molar-refractivity contribution >= 4 is 5.84 Å². The number of nitrogens with two attached hydrogens (primary N) is 1. The number of nitrogens with one attached hydrogen (secondary N) is 1. The van der Waals surface area contributed by atoms with E-state index < -0.39 is 0 Å². The molecule has 0 radical (unpaired) electrons. The molecule has 13 heavy (non-hydrogen) atoms. The van der Waals surface area contributed by atoms with Crippen molar-refractivity contribution in [1.29, 1.82) is 5.41 Å². The monoisotopic (exact) mass is 189 g/mol. The summed E-state index contributed by atoms with van der Waals surface area (Å²) < 4.78 is 0. The highest BCUT2D eigenvalue weighted by atomic mass is 16.3. The van der Waals surface area contributed by atoms with E-state index >= 15 is 0 Å². The molecule has 78 valence electrons. The number of nitrogens with zero attached hydrogens (tertiary/aromatic N) is 1. The number of amidine groups is 1. The van der Waals surface area contributed by atoms with Gasteiger partial charge in [0.25, 0.3) is 0 Å². The zero-order valence-electron chi connectivity index (χ0n) is 7.87. The van der Waals surface area contributed by atoms with Gasteiger partial charge in [-0.1, -0.05) is 0 Å². The van der Waals surface area contributed by atoms with Gasteiger partial charge in [-0.25, -0.2) is 0 Å². The normalized spacial score (nSPS) is 10.7. The summed E-state index contributed by atoms with van der Waals surface area (Å²) in [6.07, 6.45) is 1.38. The van der Waals surface area contributed by atoms with Gasteiger partial charge in [0.2, 0.25) is 0 Å². The van der Waals surface area contributed by atoms with Gasteiger partial charge in [0, 0.05) is 19.5 Å².